The third kappa shape index (κ3) is 6.24. The molecule has 0 spiro atoms. The SMILES string of the molecule is CCn1ccc(CC(N)CNC(=O)OC(C)(C)C)n1. The van der Waals surface area contributed by atoms with Crippen LogP contribution in [-0.4, -0.2) is 34.1 Å². The van der Waals surface area contributed by atoms with Gasteiger partial charge in [-0.1, -0.05) is 0 Å². The fourth-order valence-electron chi connectivity index (χ4n) is 1.56. The number of nitrogens with zero attached hydrogens (tertiary/aromatic N) is 2. The third-order valence-electron chi connectivity index (χ3n) is 2.40. The van der Waals surface area contributed by atoms with Crippen LogP contribution in [-0.2, 0) is 17.7 Å². The molecule has 0 saturated heterocycles. The molecule has 0 aromatic carbocycles. The van der Waals surface area contributed by atoms with Crippen LogP contribution in [0.25, 0.3) is 0 Å². The Balaban J connectivity index is 2.31. The Labute approximate surface area is 114 Å². The minimum atomic E-state index is -0.492. The molecule has 0 aliphatic rings. The van der Waals surface area contributed by atoms with Crippen LogP contribution in [0.3, 0.4) is 0 Å². The van der Waals surface area contributed by atoms with E-state index in [0.29, 0.717) is 13.0 Å². The van der Waals surface area contributed by atoms with Crippen molar-refractivity contribution in [1.29, 1.82) is 0 Å². The summed E-state index contributed by atoms with van der Waals surface area (Å²) in [5, 5.41) is 7.01. The average Bonchev–Trinajstić information content (AvgIpc) is 2.72. The minimum absolute atomic E-state index is 0.173. The molecule has 6 heteroatoms. The minimum Gasteiger partial charge on any atom is -0.444 e. The Morgan fingerprint density at radius 3 is 2.79 bits per heavy atom. The molecular weight excluding hydrogens is 244 g/mol. The van der Waals surface area contributed by atoms with Crippen molar-refractivity contribution in [2.75, 3.05) is 6.54 Å². The molecule has 0 aliphatic carbocycles. The summed E-state index contributed by atoms with van der Waals surface area (Å²) in [7, 11) is 0. The Bertz CT molecular complexity index is 409. The fourth-order valence-corrected chi connectivity index (χ4v) is 1.56. The molecule has 19 heavy (non-hydrogen) atoms. The predicted molar refractivity (Wildman–Crippen MR) is 73.8 cm³/mol. The van der Waals surface area contributed by atoms with Gasteiger partial charge in [0.25, 0.3) is 0 Å². The zero-order valence-corrected chi connectivity index (χ0v) is 12.1. The molecule has 0 radical (unpaired) electrons. The lowest BCUT2D eigenvalue weighted by Gasteiger charge is -2.20. The molecule has 1 aromatic rings. The number of nitrogens with one attached hydrogen (secondary N) is 1. The lowest BCUT2D eigenvalue weighted by Crippen LogP contribution is -2.41. The first-order chi connectivity index (χ1) is 8.80. The van der Waals surface area contributed by atoms with E-state index in [1.165, 1.54) is 0 Å². The first kappa shape index (κ1) is 15.5. The number of carbonyl (C=O) groups is 1. The highest BCUT2D eigenvalue weighted by Gasteiger charge is 2.16. The normalized spacial score (nSPS) is 13.1. The van der Waals surface area contributed by atoms with Crippen LogP contribution >= 0.6 is 0 Å². The summed E-state index contributed by atoms with van der Waals surface area (Å²) in [6.07, 6.45) is 2.11. The van der Waals surface area contributed by atoms with Crippen molar-refractivity contribution in [1.82, 2.24) is 15.1 Å². The van der Waals surface area contributed by atoms with Crippen molar-refractivity contribution in [3.05, 3.63) is 18.0 Å². The van der Waals surface area contributed by atoms with E-state index in [1.807, 2.05) is 44.6 Å². The molecule has 0 aliphatic heterocycles. The second-order valence-electron chi connectivity index (χ2n) is 5.51. The monoisotopic (exact) mass is 268 g/mol. The largest absolute Gasteiger partial charge is 0.444 e. The molecule has 1 aromatic heterocycles. The van der Waals surface area contributed by atoms with Gasteiger partial charge < -0.3 is 15.8 Å². The first-order valence-corrected chi connectivity index (χ1v) is 6.55. The number of rotatable bonds is 5. The Morgan fingerprint density at radius 1 is 1.58 bits per heavy atom. The van der Waals surface area contributed by atoms with Crippen molar-refractivity contribution >= 4 is 6.09 Å². The molecule has 0 saturated carbocycles. The van der Waals surface area contributed by atoms with Gasteiger partial charge >= 0.3 is 6.09 Å². The summed E-state index contributed by atoms with van der Waals surface area (Å²) in [5.41, 5.74) is 6.39. The molecule has 3 N–H and O–H groups in total. The quantitative estimate of drug-likeness (QED) is 0.843. The van der Waals surface area contributed by atoms with Gasteiger partial charge in [-0.05, 0) is 33.8 Å². The van der Waals surface area contributed by atoms with Gasteiger partial charge in [-0.2, -0.15) is 5.10 Å². The van der Waals surface area contributed by atoms with Gasteiger partial charge in [0.2, 0.25) is 0 Å². The lowest BCUT2D eigenvalue weighted by molar-refractivity contribution is 0.0524. The number of hydrogen-bond acceptors (Lipinski definition) is 4. The number of hydrogen-bond donors (Lipinski definition) is 2. The first-order valence-electron chi connectivity index (χ1n) is 6.55. The molecule has 1 atom stereocenters. The van der Waals surface area contributed by atoms with E-state index in [0.717, 1.165) is 12.2 Å². The van der Waals surface area contributed by atoms with Crippen molar-refractivity contribution in [3.8, 4) is 0 Å². The van der Waals surface area contributed by atoms with E-state index in [-0.39, 0.29) is 6.04 Å². The van der Waals surface area contributed by atoms with E-state index in [1.54, 1.807) is 0 Å². The number of ether oxygens (including phenoxy) is 1. The van der Waals surface area contributed by atoms with E-state index in [2.05, 4.69) is 10.4 Å². The van der Waals surface area contributed by atoms with Crippen molar-refractivity contribution in [2.45, 2.75) is 52.3 Å². The average molecular weight is 268 g/mol. The van der Waals surface area contributed by atoms with E-state index >= 15 is 0 Å². The Kier molecular flexibility index (Phi) is 5.35. The lowest BCUT2D eigenvalue weighted by atomic mass is 10.2. The summed E-state index contributed by atoms with van der Waals surface area (Å²) >= 11 is 0. The maximum Gasteiger partial charge on any atom is 0.407 e. The molecule has 1 unspecified atom stereocenters. The smallest absolute Gasteiger partial charge is 0.407 e. The van der Waals surface area contributed by atoms with Crippen molar-refractivity contribution in [2.24, 2.45) is 5.73 Å². The number of aromatic nitrogens is 2. The standard InChI is InChI=1S/C13H24N4O2/c1-5-17-7-6-11(16-17)8-10(14)9-15-12(18)19-13(2,3)4/h6-7,10H,5,8-9,14H2,1-4H3,(H,15,18). The topological polar surface area (TPSA) is 82.2 Å². The molecule has 1 amide bonds. The summed E-state index contributed by atoms with van der Waals surface area (Å²) in [6.45, 7) is 8.71. The van der Waals surface area contributed by atoms with Crippen LogP contribution in [0.2, 0.25) is 0 Å². The summed E-state index contributed by atoms with van der Waals surface area (Å²) in [5.74, 6) is 0. The number of amides is 1. The van der Waals surface area contributed by atoms with Crippen molar-refractivity contribution < 1.29 is 9.53 Å². The van der Waals surface area contributed by atoms with Crippen LogP contribution in [0.15, 0.2) is 12.3 Å². The summed E-state index contributed by atoms with van der Waals surface area (Å²) in [6, 6.07) is 1.77. The predicted octanol–water partition coefficient (Wildman–Crippen LogP) is 1.30. The third-order valence-corrected chi connectivity index (χ3v) is 2.40. The highest BCUT2D eigenvalue weighted by molar-refractivity contribution is 5.67. The Morgan fingerprint density at radius 2 is 2.26 bits per heavy atom. The highest BCUT2D eigenvalue weighted by atomic mass is 16.6. The van der Waals surface area contributed by atoms with Gasteiger partial charge in [-0.15, -0.1) is 0 Å². The van der Waals surface area contributed by atoms with Crippen LogP contribution in [0.5, 0.6) is 0 Å². The molecule has 6 nitrogen and oxygen atoms in total. The maximum atomic E-state index is 11.5. The number of alkyl carbamates (subject to hydrolysis) is 1. The van der Waals surface area contributed by atoms with Gasteiger partial charge in [0.15, 0.2) is 0 Å². The second kappa shape index (κ2) is 6.56. The molecule has 0 bridgehead atoms. The summed E-state index contributed by atoms with van der Waals surface area (Å²) in [4.78, 5) is 11.5. The van der Waals surface area contributed by atoms with Gasteiger partial charge in [0.1, 0.15) is 5.60 Å². The van der Waals surface area contributed by atoms with E-state index in [9.17, 15) is 4.79 Å². The molecular formula is C13H24N4O2. The second-order valence-corrected chi connectivity index (χ2v) is 5.51. The Hall–Kier alpha value is -1.56. The zero-order valence-electron chi connectivity index (χ0n) is 12.1. The van der Waals surface area contributed by atoms with Crippen LogP contribution in [0.4, 0.5) is 4.79 Å². The van der Waals surface area contributed by atoms with Crippen LogP contribution in [0.1, 0.15) is 33.4 Å². The maximum absolute atomic E-state index is 11.5. The van der Waals surface area contributed by atoms with Gasteiger partial charge in [-0.25, -0.2) is 4.79 Å². The molecule has 1 heterocycles. The number of nitrogens with two attached hydrogens (primary N) is 1. The van der Waals surface area contributed by atoms with Gasteiger partial charge in [0, 0.05) is 31.7 Å². The molecule has 1 rings (SSSR count). The van der Waals surface area contributed by atoms with Crippen LogP contribution < -0.4 is 11.1 Å². The van der Waals surface area contributed by atoms with Gasteiger partial charge in [0.05, 0.1) is 5.69 Å². The van der Waals surface area contributed by atoms with Crippen LogP contribution in [0, 0.1) is 0 Å². The highest BCUT2D eigenvalue weighted by Crippen LogP contribution is 2.06. The van der Waals surface area contributed by atoms with Gasteiger partial charge in [-0.3, -0.25) is 4.68 Å². The fraction of sp³-hybridized carbons (Fsp3) is 0.692. The molecule has 108 valence electrons. The van der Waals surface area contributed by atoms with Crippen molar-refractivity contribution in [3.63, 3.8) is 0 Å². The summed E-state index contributed by atoms with van der Waals surface area (Å²) < 4.78 is 6.99. The molecule has 0 fully saturated rings. The van der Waals surface area contributed by atoms with E-state index in [4.69, 9.17) is 10.5 Å². The number of carbonyl (C=O) groups excluding carboxylic acids is 1. The zero-order chi connectivity index (χ0) is 14.5. The van der Waals surface area contributed by atoms with E-state index < -0.39 is 11.7 Å². The number of aryl methyl sites for hydroxylation is 1.